The van der Waals surface area contributed by atoms with Crippen LogP contribution in [0, 0.1) is 0 Å². The Morgan fingerprint density at radius 2 is 2.06 bits per heavy atom. The molecule has 2 N–H and O–H groups in total. The van der Waals surface area contributed by atoms with Crippen LogP contribution in [0.15, 0.2) is 29.3 Å². The number of hydrogen-bond donors (Lipinski definition) is 2. The number of aliphatic imine (C=N–C) groups is 1. The Hall–Kier alpha value is -1.76. The molecule has 0 spiro atoms. The number of aliphatic hydroxyl groups is 1. The smallest absolute Gasteiger partial charge is 0.436 e. The molecule has 1 aliphatic heterocycles. The zero-order valence-electron chi connectivity index (χ0n) is 9.45. The van der Waals surface area contributed by atoms with E-state index in [4.69, 9.17) is 4.74 Å². The highest BCUT2D eigenvalue weighted by Gasteiger charge is 2.56. The van der Waals surface area contributed by atoms with Crippen LogP contribution in [0.3, 0.4) is 0 Å². The molecular weight excluding hydrogens is 249 g/mol. The number of halogens is 3. The predicted octanol–water partition coefficient (Wildman–Crippen LogP) is 2.43. The van der Waals surface area contributed by atoms with E-state index >= 15 is 0 Å². The van der Waals surface area contributed by atoms with Crippen molar-refractivity contribution >= 4 is 17.3 Å². The first-order valence-electron chi connectivity index (χ1n) is 5.13. The van der Waals surface area contributed by atoms with Gasteiger partial charge in [-0.05, 0) is 12.1 Å². The Kier molecular flexibility index (Phi) is 2.94. The predicted molar refractivity (Wildman–Crippen MR) is 59.8 cm³/mol. The fourth-order valence-electron chi connectivity index (χ4n) is 1.63. The maximum atomic E-state index is 12.9. The Balaban J connectivity index is 2.51. The maximum absolute atomic E-state index is 12.9. The number of alkyl halides is 3. The molecule has 0 saturated carbocycles. The maximum Gasteiger partial charge on any atom is 0.436 e. The van der Waals surface area contributed by atoms with Gasteiger partial charge in [-0.25, -0.2) is 4.99 Å². The zero-order chi connectivity index (χ0) is 13.4. The third-order valence-electron chi connectivity index (χ3n) is 2.60. The van der Waals surface area contributed by atoms with E-state index in [1.54, 1.807) is 12.1 Å². The van der Waals surface area contributed by atoms with E-state index in [1.807, 2.05) is 0 Å². The van der Waals surface area contributed by atoms with Gasteiger partial charge in [0.15, 0.2) is 5.90 Å². The summed E-state index contributed by atoms with van der Waals surface area (Å²) in [7, 11) is 1.21. The normalized spacial score (nSPS) is 23.5. The van der Waals surface area contributed by atoms with Crippen LogP contribution in [0.25, 0.3) is 0 Å². The molecule has 1 aliphatic rings. The van der Waals surface area contributed by atoms with Gasteiger partial charge in [0.2, 0.25) is 5.72 Å². The summed E-state index contributed by atoms with van der Waals surface area (Å²) in [6.07, 6.45) is -5.63. The van der Waals surface area contributed by atoms with Gasteiger partial charge in [0.05, 0.1) is 24.9 Å². The van der Waals surface area contributed by atoms with Crippen LogP contribution in [-0.2, 0) is 4.74 Å². The van der Waals surface area contributed by atoms with Gasteiger partial charge >= 0.3 is 6.18 Å². The van der Waals surface area contributed by atoms with Crippen molar-refractivity contribution in [2.45, 2.75) is 18.3 Å². The lowest BCUT2D eigenvalue weighted by Crippen LogP contribution is -2.53. The lowest BCUT2D eigenvalue weighted by atomic mass is 10.1. The first-order chi connectivity index (χ1) is 8.36. The molecule has 0 radical (unpaired) electrons. The Morgan fingerprint density at radius 3 is 2.67 bits per heavy atom. The highest BCUT2D eigenvalue weighted by molar-refractivity contribution is 5.85. The second-order valence-corrected chi connectivity index (χ2v) is 3.89. The number of hydrogen-bond acceptors (Lipinski definition) is 4. The van der Waals surface area contributed by atoms with E-state index in [0.29, 0.717) is 0 Å². The van der Waals surface area contributed by atoms with Crippen LogP contribution >= 0.6 is 0 Å². The van der Waals surface area contributed by atoms with Gasteiger partial charge in [0.1, 0.15) is 0 Å². The van der Waals surface area contributed by atoms with Crippen LogP contribution in [0.5, 0.6) is 0 Å². The molecule has 2 rings (SSSR count). The highest BCUT2D eigenvalue weighted by Crippen LogP contribution is 2.39. The number of nitrogens with zero attached hydrogens (tertiary/aromatic N) is 1. The summed E-state index contributed by atoms with van der Waals surface area (Å²) in [5, 5.41) is 11.8. The number of benzene rings is 1. The lowest BCUT2D eigenvalue weighted by Gasteiger charge is -2.30. The molecule has 0 amide bonds. The van der Waals surface area contributed by atoms with Crippen molar-refractivity contribution in [1.82, 2.24) is 0 Å². The van der Waals surface area contributed by atoms with Crippen molar-refractivity contribution in [3.8, 4) is 0 Å². The van der Waals surface area contributed by atoms with E-state index in [9.17, 15) is 18.3 Å². The van der Waals surface area contributed by atoms with Gasteiger partial charge in [-0.2, -0.15) is 13.2 Å². The number of anilines is 1. The molecule has 98 valence electrons. The number of rotatable bonds is 0. The van der Waals surface area contributed by atoms with Gasteiger partial charge in [0, 0.05) is 0 Å². The molecule has 18 heavy (non-hydrogen) atoms. The molecule has 0 saturated heterocycles. The summed E-state index contributed by atoms with van der Waals surface area (Å²) in [5.74, 6) is -0.188. The number of methoxy groups -OCH3 is 1. The second kappa shape index (κ2) is 4.16. The van der Waals surface area contributed by atoms with Crippen LogP contribution < -0.4 is 5.32 Å². The molecule has 1 aromatic rings. The zero-order valence-corrected chi connectivity index (χ0v) is 9.45. The summed E-state index contributed by atoms with van der Waals surface area (Å²) in [4.78, 5) is 3.94. The van der Waals surface area contributed by atoms with Gasteiger partial charge < -0.3 is 15.2 Å². The number of nitrogens with one attached hydrogen (secondary N) is 1. The summed E-state index contributed by atoms with van der Waals surface area (Å²) < 4.78 is 43.4. The van der Waals surface area contributed by atoms with Gasteiger partial charge in [0.25, 0.3) is 0 Å². The number of para-hydroxylation sites is 2. The summed E-state index contributed by atoms with van der Waals surface area (Å²) in [6.45, 7) is 0. The van der Waals surface area contributed by atoms with Crippen molar-refractivity contribution in [2.24, 2.45) is 4.99 Å². The minimum atomic E-state index is -4.84. The monoisotopic (exact) mass is 260 g/mol. The SMILES string of the molecule is COC1=Nc2ccccc2NC(O)(C(F)(F)F)C1. The summed E-state index contributed by atoms with van der Waals surface area (Å²) in [5.41, 5.74) is -2.70. The fraction of sp³-hybridized carbons (Fsp3) is 0.364. The molecule has 0 fully saturated rings. The van der Waals surface area contributed by atoms with Crippen molar-refractivity contribution in [2.75, 3.05) is 12.4 Å². The van der Waals surface area contributed by atoms with Crippen molar-refractivity contribution in [3.05, 3.63) is 24.3 Å². The second-order valence-electron chi connectivity index (χ2n) is 3.89. The van der Waals surface area contributed by atoms with Gasteiger partial charge in [-0.1, -0.05) is 12.1 Å². The Morgan fingerprint density at radius 1 is 1.39 bits per heavy atom. The first kappa shape index (κ1) is 12.7. The fourth-order valence-corrected chi connectivity index (χ4v) is 1.63. The van der Waals surface area contributed by atoms with E-state index in [-0.39, 0.29) is 17.3 Å². The van der Waals surface area contributed by atoms with Crippen molar-refractivity contribution in [3.63, 3.8) is 0 Å². The topological polar surface area (TPSA) is 53.8 Å². The number of fused-ring (bicyclic) bond motifs is 1. The van der Waals surface area contributed by atoms with Crippen molar-refractivity contribution in [1.29, 1.82) is 0 Å². The first-order valence-corrected chi connectivity index (χ1v) is 5.13. The van der Waals surface area contributed by atoms with Crippen LogP contribution in [-0.4, -0.2) is 30.0 Å². The van der Waals surface area contributed by atoms with Crippen LogP contribution in [0.4, 0.5) is 24.5 Å². The third-order valence-corrected chi connectivity index (χ3v) is 2.60. The van der Waals surface area contributed by atoms with Crippen LogP contribution in [0.1, 0.15) is 6.42 Å². The lowest BCUT2D eigenvalue weighted by molar-refractivity contribution is -0.245. The average molecular weight is 260 g/mol. The van der Waals surface area contributed by atoms with Crippen molar-refractivity contribution < 1.29 is 23.0 Å². The van der Waals surface area contributed by atoms with E-state index in [2.05, 4.69) is 10.3 Å². The molecule has 1 unspecified atom stereocenters. The molecule has 4 nitrogen and oxygen atoms in total. The van der Waals surface area contributed by atoms with E-state index in [1.165, 1.54) is 19.2 Å². The molecule has 0 aromatic heterocycles. The minimum absolute atomic E-state index is 0.101. The van der Waals surface area contributed by atoms with E-state index in [0.717, 1.165) is 0 Å². The molecule has 1 atom stereocenters. The molecule has 7 heteroatoms. The number of ether oxygens (including phenoxy) is 1. The summed E-state index contributed by atoms with van der Waals surface area (Å²) in [6, 6.07) is 6.13. The van der Waals surface area contributed by atoms with Crippen LogP contribution in [0.2, 0.25) is 0 Å². The molecule has 0 aliphatic carbocycles. The standard InChI is InChI=1S/C11H11F3N2O2/c1-18-9-6-10(17,11(12,13)14)16-8-5-3-2-4-7(8)15-9/h2-5,16-17H,6H2,1H3. The van der Waals surface area contributed by atoms with Gasteiger partial charge in [-0.15, -0.1) is 0 Å². The largest absolute Gasteiger partial charge is 0.484 e. The average Bonchev–Trinajstić information content (AvgIpc) is 2.44. The Labute approximate surface area is 101 Å². The Bertz CT molecular complexity index is 487. The molecule has 1 heterocycles. The minimum Gasteiger partial charge on any atom is -0.484 e. The van der Waals surface area contributed by atoms with E-state index < -0.39 is 18.3 Å². The van der Waals surface area contributed by atoms with Gasteiger partial charge in [-0.3, -0.25) is 0 Å². The highest BCUT2D eigenvalue weighted by atomic mass is 19.4. The third kappa shape index (κ3) is 2.13. The molecule has 1 aromatic carbocycles. The quantitative estimate of drug-likeness (QED) is 0.753. The molecular formula is C11H11F3N2O2. The molecule has 0 bridgehead atoms. The summed E-state index contributed by atoms with van der Waals surface area (Å²) >= 11 is 0.